The summed E-state index contributed by atoms with van der Waals surface area (Å²) in [6.07, 6.45) is 6.38. The van der Waals surface area contributed by atoms with Gasteiger partial charge in [-0.3, -0.25) is 19.6 Å². The van der Waals surface area contributed by atoms with Crippen LogP contribution in [0, 0.1) is 5.92 Å². The van der Waals surface area contributed by atoms with Crippen molar-refractivity contribution in [3.05, 3.63) is 29.6 Å². The van der Waals surface area contributed by atoms with E-state index in [1.54, 1.807) is 12.3 Å². The van der Waals surface area contributed by atoms with Crippen LogP contribution in [0.25, 0.3) is 0 Å². The van der Waals surface area contributed by atoms with Crippen molar-refractivity contribution in [2.75, 3.05) is 13.1 Å². The lowest BCUT2D eigenvalue weighted by Gasteiger charge is -2.32. The predicted octanol–water partition coefficient (Wildman–Crippen LogP) is 2.47. The van der Waals surface area contributed by atoms with Crippen molar-refractivity contribution >= 4 is 11.8 Å². The Balaban J connectivity index is 1.32. The molecule has 8 heteroatoms. The van der Waals surface area contributed by atoms with E-state index in [9.17, 15) is 9.59 Å². The topological polar surface area (TPSA) is 99.1 Å². The van der Waals surface area contributed by atoms with Crippen molar-refractivity contribution in [1.29, 1.82) is 0 Å². The molecule has 1 aromatic rings. The molecule has 1 aliphatic carbocycles. The highest BCUT2D eigenvalue weighted by atomic mass is 16.2. The van der Waals surface area contributed by atoms with Crippen LogP contribution in [-0.4, -0.2) is 47.0 Å². The maximum absolute atomic E-state index is 12.2. The van der Waals surface area contributed by atoms with Crippen molar-refractivity contribution < 1.29 is 9.59 Å². The summed E-state index contributed by atoms with van der Waals surface area (Å²) in [5.41, 5.74) is 1.44. The van der Waals surface area contributed by atoms with Gasteiger partial charge in [0.25, 0.3) is 5.91 Å². The third-order valence-electron chi connectivity index (χ3n) is 5.56. The Morgan fingerprint density at radius 1 is 1.21 bits per heavy atom. The predicted molar refractivity (Wildman–Crippen MR) is 105 cm³/mol. The Morgan fingerprint density at radius 2 is 2.00 bits per heavy atom. The molecule has 1 fully saturated rings. The molecular formula is C20H30N6O2. The first kappa shape index (κ1) is 20.2. The first-order valence-electron chi connectivity index (χ1n) is 10.3. The molecule has 0 aromatic carbocycles. The van der Waals surface area contributed by atoms with Gasteiger partial charge in [0.15, 0.2) is 0 Å². The molecule has 0 saturated heterocycles. The van der Waals surface area contributed by atoms with E-state index in [-0.39, 0.29) is 17.7 Å². The van der Waals surface area contributed by atoms with Crippen molar-refractivity contribution in [2.45, 2.75) is 64.6 Å². The maximum Gasteiger partial charge on any atom is 0.252 e. The fraction of sp³-hybridized carbons (Fsp3) is 0.650. The maximum atomic E-state index is 12.2. The summed E-state index contributed by atoms with van der Waals surface area (Å²) in [7, 11) is 0. The molecular weight excluding hydrogens is 356 g/mol. The highest BCUT2D eigenvalue weighted by molar-refractivity contribution is 5.93. The van der Waals surface area contributed by atoms with Crippen LogP contribution < -0.4 is 10.6 Å². The molecule has 2 unspecified atom stereocenters. The number of carbonyl (C=O) groups is 2. The zero-order chi connectivity index (χ0) is 19.9. The van der Waals surface area contributed by atoms with E-state index in [0.29, 0.717) is 37.3 Å². The zero-order valence-corrected chi connectivity index (χ0v) is 16.7. The SMILES string of the molecule is CCC(C)C(=O)NCCCCNC(=O)c1ccc(CN2N=NC3CC[C@H]32)nc1. The minimum Gasteiger partial charge on any atom is -0.356 e. The highest BCUT2D eigenvalue weighted by Gasteiger charge is 2.40. The van der Waals surface area contributed by atoms with Crippen LogP contribution in [0.1, 0.15) is 62.0 Å². The van der Waals surface area contributed by atoms with Crippen molar-refractivity contribution in [2.24, 2.45) is 16.3 Å². The van der Waals surface area contributed by atoms with Crippen LogP contribution in [0.2, 0.25) is 0 Å². The molecule has 2 N–H and O–H groups in total. The van der Waals surface area contributed by atoms with Gasteiger partial charge in [0.2, 0.25) is 5.91 Å². The minimum atomic E-state index is -0.123. The number of hydrogen-bond acceptors (Lipinski definition) is 6. The molecule has 2 amide bonds. The van der Waals surface area contributed by atoms with Gasteiger partial charge in [-0.25, -0.2) is 0 Å². The Kier molecular flexibility index (Phi) is 6.95. The van der Waals surface area contributed by atoms with E-state index >= 15 is 0 Å². The summed E-state index contributed by atoms with van der Waals surface area (Å²) in [6, 6.07) is 4.48. The van der Waals surface area contributed by atoms with Crippen LogP contribution >= 0.6 is 0 Å². The number of rotatable bonds is 10. The Morgan fingerprint density at radius 3 is 2.61 bits per heavy atom. The van der Waals surface area contributed by atoms with E-state index in [2.05, 4.69) is 26.0 Å². The Hall–Kier alpha value is -2.51. The molecule has 0 radical (unpaired) electrons. The third-order valence-corrected chi connectivity index (χ3v) is 5.56. The van der Waals surface area contributed by atoms with E-state index in [0.717, 1.165) is 37.8 Å². The number of hydrogen-bond donors (Lipinski definition) is 2. The van der Waals surface area contributed by atoms with Gasteiger partial charge in [-0.15, -0.1) is 0 Å². The van der Waals surface area contributed by atoms with Crippen LogP contribution in [-0.2, 0) is 11.3 Å². The number of amides is 2. The summed E-state index contributed by atoms with van der Waals surface area (Å²) < 4.78 is 0. The standard InChI is InChI=1S/C20H30N6O2/c1-3-14(2)19(27)21-10-4-5-11-22-20(28)15-6-7-16(23-12-15)13-26-18-9-8-17(18)24-25-26/h6-7,12,14,17-18H,3-5,8-11,13H2,1-2H3,(H,21,27)(H,22,28)/t14?,17?,18-/m1/s1. The van der Waals surface area contributed by atoms with Gasteiger partial charge in [0.05, 0.1) is 29.9 Å². The van der Waals surface area contributed by atoms with E-state index in [1.807, 2.05) is 24.9 Å². The highest BCUT2D eigenvalue weighted by Crippen LogP contribution is 2.34. The first-order chi connectivity index (χ1) is 13.6. The lowest BCUT2D eigenvalue weighted by Crippen LogP contribution is -2.42. The van der Waals surface area contributed by atoms with Crippen LogP contribution in [0.5, 0.6) is 0 Å². The fourth-order valence-corrected chi connectivity index (χ4v) is 3.24. The number of carbonyl (C=O) groups excluding carboxylic acids is 2. The number of aromatic nitrogens is 1. The molecule has 0 bridgehead atoms. The molecule has 1 saturated carbocycles. The lowest BCUT2D eigenvalue weighted by atomic mass is 9.87. The normalized spacial score (nSPS) is 21.0. The molecule has 3 atom stereocenters. The van der Waals surface area contributed by atoms with Gasteiger partial charge in [0.1, 0.15) is 0 Å². The van der Waals surface area contributed by atoms with Crippen molar-refractivity contribution in [3.63, 3.8) is 0 Å². The molecule has 28 heavy (non-hydrogen) atoms. The van der Waals surface area contributed by atoms with Crippen molar-refractivity contribution in [1.82, 2.24) is 20.6 Å². The average Bonchev–Trinajstić information content (AvgIpc) is 2.96. The molecule has 8 nitrogen and oxygen atoms in total. The average molecular weight is 387 g/mol. The van der Waals surface area contributed by atoms with Crippen molar-refractivity contribution in [3.8, 4) is 0 Å². The number of pyridine rings is 1. The molecule has 1 aromatic heterocycles. The summed E-state index contributed by atoms with van der Waals surface area (Å²) >= 11 is 0. The molecule has 152 valence electrons. The Labute approximate surface area is 166 Å². The van der Waals surface area contributed by atoms with Gasteiger partial charge in [-0.2, -0.15) is 5.11 Å². The van der Waals surface area contributed by atoms with Crippen LogP contribution in [0.3, 0.4) is 0 Å². The van der Waals surface area contributed by atoms with Gasteiger partial charge in [-0.1, -0.05) is 19.1 Å². The molecule has 2 aliphatic rings. The zero-order valence-electron chi connectivity index (χ0n) is 16.7. The second kappa shape index (κ2) is 9.61. The summed E-state index contributed by atoms with van der Waals surface area (Å²) in [6.45, 7) is 5.79. The summed E-state index contributed by atoms with van der Waals surface area (Å²) in [5.74, 6) is 0.0300. The van der Waals surface area contributed by atoms with Crippen LogP contribution in [0.4, 0.5) is 0 Å². The number of fused-ring (bicyclic) bond motifs is 1. The Bertz CT molecular complexity index is 705. The molecule has 1 aliphatic heterocycles. The third kappa shape index (κ3) is 5.05. The fourth-order valence-electron chi connectivity index (χ4n) is 3.24. The van der Waals surface area contributed by atoms with E-state index < -0.39 is 0 Å². The smallest absolute Gasteiger partial charge is 0.252 e. The first-order valence-corrected chi connectivity index (χ1v) is 10.3. The van der Waals surface area contributed by atoms with E-state index in [1.165, 1.54) is 0 Å². The number of unbranched alkanes of at least 4 members (excludes halogenated alkanes) is 1. The number of nitrogens with one attached hydrogen (secondary N) is 2. The summed E-state index contributed by atoms with van der Waals surface area (Å²) in [5, 5.41) is 16.3. The largest absolute Gasteiger partial charge is 0.356 e. The lowest BCUT2D eigenvalue weighted by molar-refractivity contribution is -0.124. The van der Waals surface area contributed by atoms with Gasteiger partial charge in [-0.05, 0) is 44.2 Å². The number of nitrogens with zero attached hydrogens (tertiary/aromatic N) is 4. The van der Waals surface area contributed by atoms with Crippen LogP contribution in [0.15, 0.2) is 28.7 Å². The summed E-state index contributed by atoms with van der Waals surface area (Å²) in [4.78, 5) is 28.3. The molecule has 2 heterocycles. The monoisotopic (exact) mass is 386 g/mol. The molecule has 0 spiro atoms. The van der Waals surface area contributed by atoms with Gasteiger partial charge in [0, 0.05) is 25.2 Å². The van der Waals surface area contributed by atoms with E-state index in [4.69, 9.17) is 0 Å². The van der Waals surface area contributed by atoms with Gasteiger partial charge >= 0.3 is 0 Å². The van der Waals surface area contributed by atoms with Gasteiger partial charge < -0.3 is 10.6 Å². The molecule has 3 rings (SSSR count). The quantitative estimate of drug-likeness (QED) is 0.604. The second-order valence-electron chi connectivity index (χ2n) is 7.62. The second-order valence-corrected chi connectivity index (χ2v) is 7.62. The minimum absolute atomic E-state index is 0.0545.